The van der Waals surface area contributed by atoms with E-state index in [0.717, 1.165) is 93.3 Å². The number of anilines is 4. The maximum Gasteiger partial charge on any atom is 0.287 e. The molecule has 0 amide bonds. The molecule has 8 N–H and O–H groups in total. The van der Waals surface area contributed by atoms with Gasteiger partial charge < -0.3 is 46.3 Å². The third kappa shape index (κ3) is 17.1. The van der Waals surface area contributed by atoms with Crippen molar-refractivity contribution in [2.24, 2.45) is 0 Å². The van der Waals surface area contributed by atoms with Crippen molar-refractivity contribution in [2.45, 2.75) is 19.3 Å². The second kappa shape index (κ2) is 28.9. The van der Waals surface area contributed by atoms with Gasteiger partial charge in [-0.25, -0.2) is 39.9 Å². The van der Waals surface area contributed by atoms with Gasteiger partial charge in [-0.3, -0.25) is 10.1 Å². The number of ether oxygens (including phenoxy) is 1. The van der Waals surface area contributed by atoms with Crippen molar-refractivity contribution in [1.29, 1.82) is 0 Å². The lowest BCUT2D eigenvalue weighted by Crippen LogP contribution is -2.16. The molecule has 0 atom stereocenters. The number of phenols is 3. The van der Waals surface area contributed by atoms with Gasteiger partial charge in [0.1, 0.15) is 40.8 Å². The molecule has 0 spiro atoms. The van der Waals surface area contributed by atoms with Crippen LogP contribution >= 0.6 is 11.6 Å². The zero-order chi connectivity index (χ0) is 57.6. The van der Waals surface area contributed by atoms with Gasteiger partial charge in [0.2, 0.25) is 17.8 Å². The number of aromatic nitrogens is 9. The zero-order valence-corrected chi connectivity index (χ0v) is 45.4. The number of imidazole rings is 1. The van der Waals surface area contributed by atoms with Crippen molar-refractivity contribution < 1.29 is 25.0 Å². The molecule has 6 aromatic carbocycles. The normalized spacial score (nSPS) is 10.6. The van der Waals surface area contributed by atoms with Crippen molar-refractivity contribution in [3.05, 3.63) is 222 Å². The SMILES string of the molecule is O=[N+]([O-])c1ccc(NCCNc2ncc(-c3ccccc3)c(-c3ccc(O)cc3)n2)nc1.Oc1ccc(-c2ccnc(NCCCOc3ccc(Cl)cc3)n2)cc1.Oc1ccc(-c2ccnc(NCCCc3nc4ccccc4[nH]3)n2)cc1. The van der Waals surface area contributed by atoms with Crippen molar-refractivity contribution in [2.75, 3.05) is 54.1 Å². The fraction of sp³-hybridized carbons (Fsp3) is 0.129. The van der Waals surface area contributed by atoms with Crippen molar-refractivity contribution in [1.82, 2.24) is 44.9 Å². The molecule has 0 radical (unpaired) electrons. The topological polar surface area (TPSA) is 280 Å². The van der Waals surface area contributed by atoms with E-state index in [0.29, 0.717) is 54.9 Å². The first kappa shape index (κ1) is 57.0. The molecule has 21 heteroatoms. The highest BCUT2D eigenvalue weighted by molar-refractivity contribution is 6.30. The standard InChI is InChI=1S/C23H20N6O3.C20H19N5O.C19H18ClN3O2/c30-19-9-6-17(7-10-19)22-20(16-4-2-1-3-5-16)15-27-23(28-22)25-13-12-24-21-11-8-18(14-26-21)29(31)32;26-15-9-7-14(8-10-15)16-11-13-22-20(25-16)21-12-3-6-19-23-17-4-1-2-5-18(17)24-19;20-15-4-8-17(9-5-15)25-13-1-11-21-19-22-12-10-18(23-19)14-2-6-16(24)7-3-14/h1-11,14-15,30H,12-13H2,(H,24,26)(H,25,27,28);1-2,4-5,7-11,13,26H,3,6,12H2,(H,23,24)(H,21,22,25);2-10,12,24H,1,11,13H2,(H,21,22,23). The van der Waals surface area contributed by atoms with Gasteiger partial charge in [-0.1, -0.05) is 54.1 Å². The maximum absolute atomic E-state index is 10.7. The van der Waals surface area contributed by atoms with Gasteiger partial charge in [-0.05, 0) is 146 Å². The summed E-state index contributed by atoms with van der Waals surface area (Å²) in [4.78, 5) is 48.8. The van der Waals surface area contributed by atoms with Crippen LogP contribution in [0.4, 0.5) is 29.4 Å². The summed E-state index contributed by atoms with van der Waals surface area (Å²) in [5.41, 5.74) is 8.99. The molecule has 20 nitrogen and oxygen atoms in total. The van der Waals surface area contributed by atoms with Crippen LogP contribution < -0.4 is 26.0 Å². The average molecular weight is 1130 g/mol. The molecule has 0 saturated carbocycles. The Morgan fingerprint density at radius 1 is 0.518 bits per heavy atom. The van der Waals surface area contributed by atoms with Crippen LogP contribution in [-0.4, -0.2) is 97.9 Å². The molecule has 0 saturated heterocycles. The van der Waals surface area contributed by atoms with E-state index in [2.05, 4.69) is 61.1 Å². The number of pyridine rings is 1. The van der Waals surface area contributed by atoms with Crippen LogP contribution in [0, 0.1) is 10.1 Å². The minimum atomic E-state index is -0.486. The molecule has 0 aliphatic carbocycles. The van der Waals surface area contributed by atoms with E-state index in [4.69, 9.17) is 21.3 Å². The van der Waals surface area contributed by atoms with E-state index in [9.17, 15) is 25.4 Å². The summed E-state index contributed by atoms with van der Waals surface area (Å²) < 4.78 is 5.64. The molecular formula is C62H57ClN14O6. The molecule has 418 valence electrons. The third-order valence-electron chi connectivity index (χ3n) is 12.3. The molecule has 11 rings (SSSR count). The fourth-order valence-electron chi connectivity index (χ4n) is 8.15. The number of H-pyrrole nitrogens is 1. The number of rotatable bonds is 21. The number of nitrogens with zero attached hydrogens (tertiary/aromatic N) is 9. The average Bonchev–Trinajstić information content (AvgIpc) is 4.01. The van der Waals surface area contributed by atoms with Crippen LogP contribution in [0.2, 0.25) is 5.02 Å². The molecule has 0 unspecified atom stereocenters. The Morgan fingerprint density at radius 3 is 1.69 bits per heavy atom. The Balaban J connectivity index is 0.000000151. The third-order valence-corrected chi connectivity index (χ3v) is 12.6. The van der Waals surface area contributed by atoms with Crippen LogP contribution in [0.5, 0.6) is 23.0 Å². The Morgan fingerprint density at radius 2 is 1.08 bits per heavy atom. The summed E-state index contributed by atoms with van der Waals surface area (Å²) in [5.74, 6) is 4.63. The second-order valence-corrected chi connectivity index (χ2v) is 18.8. The monoisotopic (exact) mass is 1130 g/mol. The first-order valence-corrected chi connectivity index (χ1v) is 26.8. The van der Waals surface area contributed by atoms with Gasteiger partial charge >= 0.3 is 0 Å². The first-order chi connectivity index (χ1) is 40.6. The lowest BCUT2D eigenvalue weighted by atomic mass is 10.0. The number of hydrogen-bond acceptors (Lipinski definition) is 18. The number of aromatic amines is 1. The molecular weight excluding hydrogens is 1070 g/mol. The summed E-state index contributed by atoms with van der Waals surface area (Å²) >= 11 is 5.84. The van der Waals surface area contributed by atoms with E-state index >= 15 is 0 Å². The zero-order valence-electron chi connectivity index (χ0n) is 44.7. The number of benzene rings is 6. The van der Waals surface area contributed by atoms with Crippen LogP contribution in [0.3, 0.4) is 0 Å². The first-order valence-electron chi connectivity index (χ1n) is 26.4. The highest BCUT2D eigenvalue weighted by atomic mass is 35.5. The summed E-state index contributed by atoms with van der Waals surface area (Å²) in [5, 5.41) is 52.5. The quantitative estimate of drug-likeness (QED) is 0.0189. The number of fused-ring (bicyclic) bond motifs is 1. The molecule has 0 bridgehead atoms. The highest BCUT2D eigenvalue weighted by Gasteiger charge is 2.13. The molecule has 5 aromatic heterocycles. The fourth-order valence-corrected chi connectivity index (χ4v) is 8.27. The van der Waals surface area contributed by atoms with Crippen LogP contribution in [-0.2, 0) is 6.42 Å². The number of aromatic hydroxyl groups is 3. The maximum atomic E-state index is 10.7. The van der Waals surface area contributed by atoms with Crippen LogP contribution in [0.1, 0.15) is 18.7 Å². The van der Waals surface area contributed by atoms with E-state index in [1.807, 2.05) is 115 Å². The largest absolute Gasteiger partial charge is 0.508 e. The number of phenolic OH excluding ortho intramolecular Hbond substituents is 3. The van der Waals surface area contributed by atoms with E-state index in [1.54, 1.807) is 73.2 Å². The Hall–Kier alpha value is -10.7. The minimum absolute atomic E-state index is 0.0534. The molecule has 83 heavy (non-hydrogen) atoms. The number of para-hydroxylation sites is 2. The predicted octanol–water partition coefficient (Wildman–Crippen LogP) is 12.5. The molecule has 5 heterocycles. The van der Waals surface area contributed by atoms with E-state index in [-0.39, 0.29) is 22.9 Å². The van der Waals surface area contributed by atoms with Crippen LogP contribution in [0.25, 0.3) is 55.9 Å². The molecule has 11 aromatic rings. The number of aryl methyl sites for hydroxylation is 1. The minimum Gasteiger partial charge on any atom is -0.508 e. The Kier molecular flexibility index (Phi) is 19.9. The number of nitrogens with one attached hydrogen (secondary N) is 5. The van der Waals surface area contributed by atoms with Gasteiger partial charge in [0.15, 0.2) is 0 Å². The Labute approximate surface area is 482 Å². The van der Waals surface area contributed by atoms with Gasteiger partial charge in [0, 0.05) is 84.5 Å². The molecule has 0 fully saturated rings. The van der Waals surface area contributed by atoms with Crippen molar-refractivity contribution in [3.8, 4) is 67.9 Å². The molecule has 0 aliphatic heterocycles. The van der Waals surface area contributed by atoms with Crippen LogP contribution in [0.15, 0.2) is 201 Å². The van der Waals surface area contributed by atoms with Gasteiger partial charge in [-0.15, -0.1) is 0 Å². The smallest absolute Gasteiger partial charge is 0.287 e. The van der Waals surface area contributed by atoms with Gasteiger partial charge in [-0.2, -0.15) is 0 Å². The van der Waals surface area contributed by atoms with Crippen molar-refractivity contribution in [3.63, 3.8) is 0 Å². The lowest BCUT2D eigenvalue weighted by molar-refractivity contribution is -0.385. The van der Waals surface area contributed by atoms with Gasteiger partial charge in [0.25, 0.3) is 5.69 Å². The Bertz CT molecular complexity index is 3770. The lowest BCUT2D eigenvalue weighted by Gasteiger charge is -2.12. The summed E-state index contributed by atoms with van der Waals surface area (Å²) in [6.45, 7) is 3.08. The van der Waals surface area contributed by atoms with E-state index < -0.39 is 4.92 Å². The summed E-state index contributed by atoms with van der Waals surface area (Å²) in [7, 11) is 0. The predicted molar refractivity (Wildman–Crippen MR) is 324 cm³/mol. The number of nitro groups is 1. The highest BCUT2D eigenvalue weighted by Crippen LogP contribution is 2.32. The van der Waals surface area contributed by atoms with Crippen molar-refractivity contribution >= 4 is 52.0 Å². The summed E-state index contributed by atoms with van der Waals surface area (Å²) in [6.07, 6.45) is 9.03. The number of hydrogen-bond donors (Lipinski definition) is 8. The molecule has 0 aliphatic rings. The summed E-state index contributed by atoms with van der Waals surface area (Å²) in [6, 6.07) is 52.6. The second-order valence-electron chi connectivity index (χ2n) is 18.3. The van der Waals surface area contributed by atoms with Gasteiger partial charge in [0.05, 0.1) is 39.6 Å². The van der Waals surface area contributed by atoms with E-state index in [1.165, 1.54) is 12.3 Å². The number of halogens is 1.